The first-order valence-electron chi connectivity index (χ1n) is 7.71. The van der Waals surface area contributed by atoms with Crippen LogP contribution < -0.4 is 5.73 Å². The molecule has 122 valence electrons. The quantitative estimate of drug-likeness (QED) is 0.882. The molecule has 1 aromatic carbocycles. The average Bonchev–Trinajstić information content (AvgIpc) is 3.11. The highest BCUT2D eigenvalue weighted by molar-refractivity contribution is 5.96. The summed E-state index contributed by atoms with van der Waals surface area (Å²) in [6, 6.07) is 5.16. The number of carbonyl (C=O) groups is 2. The van der Waals surface area contributed by atoms with Gasteiger partial charge in [-0.2, -0.15) is 0 Å². The molecule has 2 heterocycles. The molecule has 6 nitrogen and oxygen atoms in total. The van der Waals surface area contributed by atoms with E-state index in [9.17, 15) is 9.59 Å². The lowest BCUT2D eigenvalue weighted by atomic mass is 10.1. The first kappa shape index (κ1) is 15.4. The molecule has 23 heavy (non-hydrogen) atoms. The van der Waals surface area contributed by atoms with Gasteiger partial charge in [0.1, 0.15) is 12.2 Å². The van der Waals surface area contributed by atoms with Crippen LogP contribution in [0.15, 0.2) is 22.6 Å². The second kappa shape index (κ2) is 5.95. The first-order chi connectivity index (χ1) is 11.0. The normalized spacial score (nSPS) is 17.7. The fraction of sp³-hybridized carbons (Fsp3) is 0.412. The second-order valence-corrected chi connectivity index (χ2v) is 5.93. The lowest BCUT2D eigenvalue weighted by Gasteiger charge is -2.21. The molecule has 1 atom stereocenters. The van der Waals surface area contributed by atoms with Crippen molar-refractivity contribution in [2.75, 3.05) is 13.2 Å². The van der Waals surface area contributed by atoms with Gasteiger partial charge in [-0.3, -0.25) is 0 Å². The summed E-state index contributed by atoms with van der Waals surface area (Å²) in [5, 5.41) is 0.913. The van der Waals surface area contributed by atoms with Crippen LogP contribution in [0.25, 0.3) is 11.0 Å². The number of furan rings is 1. The second-order valence-electron chi connectivity index (χ2n) is 5.93. The van der Waals surface area contributed by atoms with Crippen LogP contribution in [-0.2, 0) is 4.74 Å². The number of nitrogens with two attached hydrogens (primary N) is 1. The SMILES string of the molecule is Cc1c(C(=O)OC[C@H]2CCCN2C(N)=O)oc2c(C)cccc12. The maximum atomic E-state index is 12.3. The minimum Gasteiger partial charge on any atom is -0.458 e. The van der Waals surface area contributed by atoms with Crippen LogP contribution >= 0.6 is 0 Å². The van der Waals surface area contributed by atoms with Crippen molar-refractivity contribution in [3.8, 4) is 0 Å². The Labute approximate surface area is 134 Å². The van der Waals surface area contributed by atoms with Crippen molar-refractivity contribution in [3.05, 3.63) is 35.1 Å². The van der Waals surface area contributed by atoms with Gasteiger partial charge < -0.3 is 19.8 Å². The van der Waals surface area contributed by atoms with Crippen LogP contribution in [0, 0.1) is 13.8 Å². The van der Waals surface area contributed by atoms with Gasteiger partial charge >= 0.3 is 12.0 Å². The maximum absolute atomic E-state index is 12.3. The molecule has 0 unspecified atom stereocenters. The van der Waals surface area contributed by atoms with Crippen LogP contribution in [0.3, 0.4) is 0 Å². The number of hydrogen-bond donors (Lipinski definition) is 1. The standard InChI is InChI=1S/C17H20N2O4/c1-10-5-3-7-13-11(2)15(23-14(10)13)16(20)22-9-12-6-4-8-19(12)17(18)21/h3,5,7,12H,4,6,8-9H2,1-2H3,(H2,18,21)/t12-/m1/s1. The van der Waals surface area contributed by atoms with E-state index in [1.54, 1.807) is 4.90 Å². The van der Waals surface area contributed by atoms with E-state index in [2.05, 4.69) is 0 Å². The molecule has 0 bridgehead atoms. The van der Waals surface area contributed by atoms with Gasteiger partial charge in [0, 0.05) is 17.5 Å². The number of para-hydroxylation sites is 1. The van der Waals surface area contributed by atoms with Gasteiger partial charge in [0.05, 0.1) is 6.04 Å². The number of carbonyl (C=O) groups excluding carboxylic acids is 2. The molecule has 2 aromatic rings. The number of benzene rings is 1. The Kier molecular flexibility index (Phi) is 3.98. The number of likely N-dealkylation sites (tertiary alicyclic amines) is 1. The zero-order valence-electron chi connectivity index (χ0n) is 13.3. The van der Waals surface area contributed by atoms with Crippen molar-refractivity contribution < 1.29 is 18.7 Å². The summed E-state index contributed by atoms with van der Waals surface area (Å²) in [5.74, 6) is -0.285. The van der Waals surface area contributed by atoms with Crippen molar-refractivity contribution in [2.24, 2.45) is 5.73 Å². The Morgan fingerprint density at radius 2 is 2.17 bits per heavy atom. The van der Waals surface area contributed by atoms with Crippen molar-refractivity contribution in [1.82, 2.24) is 4.90 Å². The van der Waals surface area contributed by atoms with E-state index in [0.717, 1.165) is 29.4 Å². The lowest BCUT2D eigenvalue weighted by Crippen LogP contribution is -2.41. The summed E-state index contributed by atoms with van der Waals surface area (Å²) in [6.07, 6.45) is 1.66. The predicted octanol–water partition coefficient (Wildman–Crippen LogP) is 2.75. The van der Waals surface area contributed by atoms with Crippen molar-refractivity contribution in [3.63, 3.8) is 0 Å². The van der Waals surface area contributed by atoms with Crippen LogP contribution in [0.1, 0.15) is 34.5 Å². The minimum absolute atomic E-state index is 0.136. The Hall–Kier alpha value is -2.50. The van der Waals surface area contributed by atoms with Gasteiger partial charge in [-0.25, -0.2) is 9.59 Å². The number of nitrogens with zero attached hydrogens (tertiary/aromatic N) is 1. The molecule has 3 rings (SSSR count). The molecule has 2 amide bonds. The number of ether oxygens (including phenoxy) is 1. The molecule has 0 saturated carbocycles. The van der Waals surface area contributed by atoms with Crippen LogP contribution in [0.4, 0.5) is 4.79 Å². The zero-order chi connectivity index (χ0) is 16.6. The van der Waals surface area contributed by atoms with E-state index < -0.39 is 12.0 Å². The van der Waals surface area contributed by atoms with E-state index in [1.807, 2.05) is 32.0 Å². The highest BCUT2D eigenvalue weighted by Crippen LogP contribution is 2.28. The maximum Gasteiger partial charge on any atom is 0.374 e. The van der Waals surface area contributed by atoms with Crippen molar-refractivity contribution in [1.29, 1.82) is 0 Å². The molecule has 1 saturated heterocycles. The van der Waals surface area contributed by atoms with Gasteiger partial charge in [-0.1, -0.05) is 18.2 Å². The number of esters is 1. The monoisotopic (exact) mass is 316 g/mol. The highest BCUT2D eigenvalue weighted by atomic mass is 16.5. The molecular weight excluding hydrogens is 296 g/mol. The fourth-order valence-corrected chi connectivity index (χ4v) is 3.12. The third-order valence-corrected chi connectivity index (χ3v) is 4.41. The molecule has 1 aliphatic heterocycles. The van der Waals surface area contributed by atoms with Crippen LogP contribution in [0.2, 0.25) is 0 Å². The lowest BCUT2D eigenvalue weighted by molar-refractivity contribution is 0.0388. The molecule has 2 N–H and O–H groups in total. The third kappa shape index (κ3) is 2.76. The number of rotatable bonds is 3. The number of amides is 2. The van der Waals surface area contributed by atoms with E-state index in [4.69, 9.17) is 14.9 Å². The summed E-state index contributed by atoms with van der Waals surface area (Å²) in [6.45, 7) is 4.52. The highest BCUT2D eigenvalue weighted by Gasteiger charge is 2.29. The molecule has 1 aromatic heterocycles. The third-order valence-electron chi connectivity index (χ3n) is 4.41. The number of primary amides is 1. The number of hydrogen-bond acceptors (Lipinski definition) is 4. The molecule has 0 spiro atoms. The van der Waals surface area contributed by atoms with Gasteiger partial charge in [-0.15, -0.1) is 0 Å². The van der Waals surface area contributed by atoms with Gasteiger partial charge in [0.2, 0.25) is 5.76 Å². The molecule has 0 aliphatic carbocycles. The molecule has 1 fully saturated rings. The molecular formula is C17H20N2O4. The van der Waals surface area contributed by atoms with E-state index in [1.165, 1.54) is 0 Å². The zero-order valence-corrected chi connectivity index (χ0v) is 13.3. The van der Waals surface area contributed by atoms with E-state index >= 15 is 0 Å². The topological polar surface area (TPSA) is 85.8 Å². The Bertz CT molecular complexity index is 765. The molecule has 6 heteroatoms. The largest absolute Gasteiger partial charge is 0.458 e. The summed E-state index contributed by atoms with van der Waals surface area (Å²) in [4.78, 5) is 25.2. The fourth-order valence-electron chi connectivity index (χ4n) is 3.12. The number of aryl methyl sites for hydroxylation is 2. The summed E-state index contributed by atoms with van der Waals surface area (Å²) in [5.41, 5.74) is 7.77. The molecule has 1 aliphatic rings. The summed E-state index contributed by atoms with van der Waals surface area (Å²) < 4.78 is 11.1. The van der Waals surface area contributed by atoms with Crippen LogP contribution in [-0.4, -0.2) is 36.1 Å². The van der Waals surface area contributed by atoms with Gasteiger partial charge in [0.25, 0.3) is 0 Å². The Morgan fingerprint density at radius 1 is 1.39 bits per heavy atom. The number of fused-ring (bicyclic) bond motifs is 1. The summed E-state index contributed by atoms with van der Waals surface area (Å²) in [7, 11) is 0. The first-order valence-corrected chi connectivity index (χ1v) is 7.71. The van der Waals surface area contributed by atoms with Gasteiger partial charge in [-0.05, 0) is 32.3 Å². The van der Waals surface area contributed by atoms with Crippen LogP contribution in [0.5, 0.6) is 0 Å². The van der Waals surface area contributed by atoms with Gasteiger partial charge in [0.15, 0.2) is 0 Å². The Balaban J connectivity index is 1.75. The summed E-state index contributed by atoms with van der Waals surface area (Å²) >= 11 is 0. The van der Waals surface area contributed by atoms with Crippen molar-refractivity contribution in [2.45, 2.75) is 32.7 Å². The average molecular weight is 316 g/mol. The van der Waals surface area contributed by atoms with E-state index in [0.29, 0.717) is 12.1 Å². The minimum atomic E-state index is -0.505. The molecule has 0 radical (unpaired) electrons. The Morgan fingerprint density at radius 3 is 2.87 bits per heavy atom. The number of urea groups is 1. The van der Waals surface area contributed by atoms with Crippen molar-refractivity contribution >= 4 is 23.0 Å². The smallest absolute Gasteiger partial charge is 0.374 e. The predicted molar refractivity (Wildman–Crippen MR) is 85.3 cm³/mol. The van der Waals surface area contributed by atoms with E-state index in [-0.39, 0.29) is 18.4 Å².